The standard InChI is InChI=1S/C28H27FN4O4/c29-23-10-5-17(15-22(23)27(35)33-13-11-32(12-14-33)26(34)18-6-7-18)16-24-20-3-1-2-4-21(20)25(31-30-24)37-28(36)19-8-9-19/h1-5,10,15,18-19H,6-9,11-14,16H2. The number of rotatable bonds is 6. The molecule has 2 aliphatic carbocycles. The Morgan fingerprint density at radius 2 is 1.54 bits per heavy atom. The van der Waals surface area contributed by atoms with Gasteiger partial charge in [0.05, 0.1) is 17.2 Å². The number of fused-ring (bicyclic) bond motifs is 1. The average molecular weight is 503 g/mol. The van der Waals surface area contributed by atoms with Crippen molar-refractivity contribution in [2.24, 2.45) is 11.8 Å². The first-order valence-corrected chi connectivity index (χ1v) is 12.8. The molecule has 6 rings (SSSR count). The molecule has 0 bridgehead atoms. The van der Waals surface area contributed by atoms with Crippen LogP contribution in [0.5, 0.6) is 5.88 Å². The number of carbonyl (C=O) groups is 3. The minimum absolute atomic E-state index is 0.00622. The van der Waals surface area contributed by atoms with Crippen molar-refractivity contribution < 1.29 is 23.5 Å². The van der Waals surface area contributed by atoms with Crippen molar-refractivity contribution in [1.82, 2.24) is 20.0 Å². The summed E-state index contributed by atoms with van der Waals surface area (Å²) in [5, 5.41) is 9.94. The zero-order valence-electron chi connectivity index (χ0n) is 20.4. The summed E-state index contributed by atoms with van der Waals surface area (Å²) in [4.78, 5) is 41.1. The predicted molar refractivity (Wildman–Crippen MR) is 132 cm³/mol. The minimum Gasteiger partial charge on any atom is -0.405 e. The molecule has 2 amide bonds. The van der Waals surface area contributed by atoms with Crippen LogP contribution < -0.4 is 4.74 Å². The highest BCUT2D eigenvalue weighted by molar-refractivity contribution is 5.95. The van der Waals surface area contributed by atoms with E-state index in [9.17, 15) is 18.8 Å². The first-order chi connectivity index (χ1) is 18.0. The van der Waals surface area contributed by atoms with Crippen LogP contribution in [-0.4, -0.2) is 64.0 Å². The number of nitrogens with zero attached hydrogens (tertiary/aromatic N) is 4. The molecular formula is C28H27FN4O4. The number of carbonyl (C=O) groups excluding carboxylic acids is 3. The Balaban J connectivity index is 1.19. The molecular weight excluding hydrogens is 475 g/mol. The third kappa shape index (κ3) is 4.90. The number of ether oxygens (including phenoxy) is 1. The van der Waals surface area contributed by atoms with Crippen LogP contribution in [0.3, 0.4) is 0 Å². The molecule has 0 atom stereocenters. The molecule has 3 aliphatic rings. The lowest BCUT2D eigenvalue weighted by Crippen LogP contribution is -2.51. The van der Waals surface area contributed by atoms with Gasteiger partial charge in [-0.1, -0.05) is 24.3 Å². The van der Waals surface area contributed by atoms with Crippen molar-refractivity contribution in [2.45, 2.75) is 32.1 Å². The van der Waals surface area contributed by atoms with E-state index < -0.39 is 5.82 Å². The zero-order chi connectivity index (χ0) is 25.5. The normalized spacial score (nSPS) is 17.6. The summed E-state index contributed by atoms with van der Waals surface area (Å²) >= 11 is 0. The summed E-state index contributed by atoms with van der Waals surface area (Å²) in [5.74, 6) is -0.800. The summed E-state index contributed by atoms with van der Waals surface area (Å²) in [6.45, 7) is 1.72. The molecule has 0 unspecified atom stereocenters. The number of esters is 1. The molecule has 1 saturated heterocycles. The molecule has 0 N–H and O–H groups in total. The molecule has 2 aromatic carbocycles. The van der Waals surface area contributed by atoms with E-state index in [-0.39, 0.29) is 41.1 Å². The fourth-order valence-electron chi connectivity index (χ4n) is 4.77. The molecule has 9 heteroatoms. The second-order valence-corrected chi connectivity index (χ2v) is 10.1. The molecule has 8 nitrogen and oxygen atoms in total. The van der Waals surface area contributed by atoms with Gasteiger partial charge < -0.3 is 14.5 Å². The SMILES string of the molecule is O=C(Oc1nnc(Cc2ccc(F)c(C(=O)N3CCN(C(=O)C4CC4)CC3)c2)c2ccccc12)C1CC1. The van der Waals surface area contributed by atoms with Crippen LogP contribution in [-0.2, 0) is 16.0 Å². The van der Waals surface area contributed by atoms with Crippen LogP contribution in [0.2, 0.25) is 0 Å². The second-order valence-electron chi connectivity index (χ2n) is 10.1. The van der Waals surface area contributed by atoms with Crippen molar-refractivity contribution in [2.75, 3.05) is 26.2 Å². The van der Waals surface area contributed by atoms with Crippen molar-refractivity contribution in [3.05, 3.63) is 65.1 Å². The van der Waals surface area contributed by atoms with Gasteiger partial charge in [-0.2, -0.15) is 5.10 Å². The smallest absolute Gasteiger partial charge is 0.315 e. The number of benzene rings is 2. The average Bonchev–Trinajstić information content (AvgIpc) is 3.83. The number of amides is 2. The van der Waals surface area contributed by atoms with Gasteiger partial charge in [-0.3, -0.25) is 14.4 Å². The first kappa shape index (κ1) is 23.5. The van der Waals surface area contributed by atoms with Gasteiger partial charge in [0.15, 0.2) is 0 Å². The van der Waals surface area contributed by atoms with Gasteiger partial charge in [0.2, 0.25) is 11.8 Å². The molecule has 1 aromatic heterocycles. The fraction of sp³-hybridized carbons (Fsp3) is 0.393. The highest BCUT2D eigenvalue weighted by Crippen LogP contribution is 2.33. The Morgan fingerprint density at radius 1 is 0.865 bits per heavy atom. The molecule has 2 heterocycles. The molecule has 37 heavy (non-hydrogen) atoms. The van der Waals surface area contributed by atoms with Crippen LogP contribution in [0.4, 0.5) is 4.39 Å². The summed E-state index contributed by atoms with van der Waals surface area (Å²) in [6.07, 6.45) is 3.90. The summed E-state index contributed by atoms with van der Waals surface area (Å²) in [6, 6.07) is 11.9. The maximum Gasteiger partial charge on any atom is 0.315 e. The maximum absolute atomic E-state index is 14.7. The van der Waals surface area contributed by atoms with Gasteiger partial charge >= 0.3 is 5.97 Å². The van der Waals surface area contributed by atoms with E-state index in [4.69, 9.17) is 4.74 Å². The Morgan fingerprint density at radius 3 is 2.24 bits per heavy atom. The Kier molecular flexibility index (Phi) is 6.06. The van der Waals surface area contributed by atoms with Crippen LogP contribution in [0, 0.1) is 17.7 Å². The van der Waals surface area contributed by atoms with Gasteiger partial charge in [-0.15, -0.1) is 5.10 Å². The van der Waals surface area contributed by atoms with E-state index >= 15 is 0 Å². The highest BCUT2D eigenvalue weighted by Gasteiger charge is 2.35. The van der Waals surface area contributed by atoms with Gasteiger partial charge in [0.25, 0.3) is 5.91 Å². The first-order valence-electron chi connectivity index (χ1n) is 12.8. The quantitative estimate of drug-likeness (QED) is 0.480. The van der Waals surface area contributed by atoms with E-state index in [2.05, 4.69) is 10.2 Å². The van der Waals surface area contributed by atoms with Crippen LogP contribution in [0.1, 0.15) is 47.3 Å². The van der Waals surface area contributed by atoms with Crippen molar-refractivity contribution in [3.63, 3.8) is 0 Å². The van der Waals surface area contributed by atoms with Crippen molar-refractivity contribution in [1.29, 1.82) is 0 Å². The second kappa shape index (κ2) is 9.53. The summed E-state index contributed by atoms with van der Waals surface area (Å²) in [7, 11) is 0. The molecule has 0 spiro atoms. The topological polar surface area (TPSA) is 92.7 Å². The van der Waals surface area contributed by atoms with E-state index in [0.717, 1.165) is 36.6 Å². The summed E-state index contributed by atoms with van der Waals surface area (Å²) < 4.78 is 20.2. The van der Waals surface area contributed by atoms with Crippen LogP contribution in [0.25, 0.3) is 10.8 Å². The largest absolute Gasteiger partial charge is 0.405 e. The third-order valence-electron chi connectivity index (χ3n) is 7.28. The lowest BCUT2D eigenvalue weighted by molar-refractivity contribution is -0.136. The van der Waals surface area contributed by atoms with Gasteiger partial charge in [-0.25, -0.2) is 4.39 Å². The van der Waals surface area contributed by atoms with Gasteiger partial charge in [-0.05, 0) is 49.4 Å². The summed E-state index contributed by atoms with van der Waals surface area (Å²) in [5.41, 5.74) is 1.36. The molecule has 3 aromatic rings. The number of halogens is 1. The minimum atomic E-state index is -0.580. The Labute approximate surface area is 213 Å². The maximum atomic E-state index is 14.7. The highest BCUT2D eigenvalue weighted by atomic mass is 19.1. The van der Waals surface area contributed by atoms with E-state index in [0.29, 0.717) is 43.7 Å². The Hall–Kier alpha value is -3.88. The van der Waals surface area contributed by atoms with Crippen molar-refractivity contribution in [3.8, 4) is 5.88 Å². The number of piperazine rings is 1. The molecule has 1 aliphatic heterocycles. The van der Waals surface area contributed by atoms with Crippen molar-refractivity contribution >= 4 is 28.6 Å². The molecule has 3 fully saturated rings. The van der Waals surface area contributed by atoms with Crippen LogP contribution in [0.15, 0.2) is 42.5 Å². The lowest BCUT2D eigenvalue weighted by Gasteiger charge is -2.35. The molecule has 0 radical (unpaired) electrons. The van der Waals surface area contributed by atoms with Gasteiger partial charge in [0, 0.05) is 49.3 Å². The Bertz CT molecular complexity index is 1390. The van der Waals surface area contributed by atoms with E-state index in [1.54, 1.807) is 17.0 Å². The van der Waals surface area contributed by atoms with E-state index in [1.807, 2.05) is 29.2 Å². The fourth-order valence-corrected chi connectivity index (χ4v) is 4.77. The lowest BCUT2D eigenvalue weighted by atomic mass is 10.0. The predicted octanol–water partition coefficient (Wildman–Crippen LogP) is 3.37. The van der Waals surface area contributed by atoms with E-state index in [1.165, 1.54) is 6.07 Å². The third-order valence-corrected chi connectivity index (χ3v) is 7.28. The number of hydrogen-bond acceptors (Lipinski definition) is 6. The van der Waals surface area contributed by atoms with Crippen LogP contribution >= 0.6 is 0 Å². The zero-order valence-corrected chi connectivity index (χ0v) is 20.4. The molecule has 2 saturated carbocycles. The monoisotopic (exact) mass is 502 g/mol. The number of aromatic nitrogens is 2. The van der Waals surface area contributed by atoms with Gasteiger partial charge in [0.1, 0.15) is 5.82 Å². The molecule has 190 valence electrons. The number of hydrogen-bond donors (Lipinski definition) is 0.